The standard InChI is InChI=1S/C10H21N4/c1-12(2)6-4-5-7-14-9-8-13(3)10(14)11/h4-9H2,1-3H3/q-1. The monoisotopic (exact) mass is 197 g/mol. The molecule has 0 aromatic heterocycles. The maximum Gasteiger partial charge on any atom is 0.0104 e. The van der Waals surface area contributed by atoms with Gasteiger partial charge in [0.1, 0.15) is 0 Å². The van der Waals surface area contributed by atoms with Crippen molar-refractivity contribution >= 4 is 5.96 Å². The van der Waals surface area contributed by atoms with E-state index in [-0.39, 0.29) is 0 Å². The summed E-state index contributed by atoms with van der Waals surface area (Å²) in [7, 11) is 6.11. The predicted molar refractivity (Wildman–Crippen MR) is 60.4 cm³/mol. The highest BCUT2D eigenvalue weighted by Gasteiger charge is 2.11. The third-order valence-electron chi connectivity index (χ3n) is 2.61. The van der Waals surface area contributed by atoms with Gasteiger partial charge < -0.3 is 20.1 Å². The lowest BCUT2D eigenvalue weighted by molar-refractivity contribution is 0.372. The zero-order chi connectivity index (χ0) is 10.6. The van der Waals surface area contributed by atoms with Gasteiger partial charge in [-0.3, -0.25) is 0 Å². The van der Waals surface area contributed by atoms with Gasteiger partial charge in [0.15, 0.2) is 0 Å². The van der Waals surface area contributed by atoms with Gasteiger partial charge in [0.2, 0.25) is 0 Å². The molecule has 1 heterocycles. The summed E-state index contributed by atoms with van der Waals surface area (Å²) in [4.78, 5) is 6.14. The summed E-state index contributed by atoms with van der Waals surface area (Å²) in [6.07, 6.45) is 2.34. The first-order chi connectivity index (χ1) is 6.61. The largest absolute Gasteiger partial charge is 0.429 e. The van der Waals surface area contributed by atoms with E-state index in [0.717, 1.165) is 32.6 Å². The molecule has 0 unspecified atom stereocenters. The molecule has 0 aromatic carbocycles. The summed E-state index contributed by atoms with van der Waals surface area (Å²) in [5, 5.41) is 9.62. The van der Waals surface area contributed by atoms with E-state index in [2.05, 4.69) is 23.9 Å². The van der Waals surface area contributed by atoms with Gasteiger partial charge in [-0.1, -0.05) is 0 Å². The minimum atomic E-state index is 0.440. The van der Waals surface area contributed by atoms with Crippen LogP contribution in [0.4, 0.5) is 0 Å². The highest BCUT2D eigenvalue weighted by Crippen LogP contribution is 2.06. The molecule has 0 aromatic rings. The van der Waals surface area contributed by atoms with E-state index in [1.54, 1.807) is 0 Å². The Morgan fingerprint density at radius 1 is 1.29 bits per heavy atom. The Morgan fingerprint density at radius 3 is 2.50 bits per heavy atom. The molecule has 0 amide bonds. The van der Waals surface area contributed by atoms with E-state index in [0.29, 0.717) is 5.96 Å². The van der Waals surface area contributed by atoms with Crippen molar-refractivity contribution in [2.75, 3.05) is 47.3 Å². The Morgan fingerprint density at radius 2 is 2.00 bits per heavy atom. The number of nitrogens with zero attached hydrogens (tertiary/aromatic N) is 4. The van der Waals surface area contributed by atoms with Crippen molar-refractivity contribution in [3.05, 3.63) is 5.41 Å². The molecule has 0 saturated carbocycles. The number of guanidine groups is 1. The third kappa shape index (κ3) is 3.18. The molecule has 1 fully saturated rings. The summed E-state index contributed by atoms with van der Waals surface area (Å²) in [6, 6.07) is 0. The smallest absolute Gasteiger partial charge is 0.0104 e. The zero-order valence-corrected chi connectivity index (χ0v) is 9.53. The topological polar surface area (TPSA) is 32.0 Å². The van der Waals surface area contributed by atoms with Crippen LogP contribution < -0.4 is 0 Å². The molecule has 0 spiro atoms. The molecular formula is C10H21N4-. The number of unbranched alkanes of at least 4 members (excludes halogenated alkanes) is 1. The van der Waals surface area contributed by atoms with Crippen LogP contribution in [0.5, 0.6) is 0 Å². The summed E-state index contributed by atoms with van der Waals surface area (Å²) >= 11 is 0. The number of hydrogen-bond donors (Lipinski definition) is 0. The lowest BCUT2D eigenvalue weighted by Crippen LogP contribution is -2.30. The second-order valence-electron chi connectivity index (χ2n) is 4.22. The summed E-state index contributed by atoms with van der Waals surface area (Å²) in [6.45, 7) is 4.01. The van der Waals surface area contributed by atoms with E-state index in [4.69, 9.17) is 0 Å². The van der Waals surface area contributed by atoms with E-state index < -0.39 is 0 Å². The molecular weight excluding hydrogens is 176 g/mol. The van der Waals surface area contributed by atoms with Crippen molar-refractivity contribution in [3.63, 3.8) is 0 Å². The van der Waals surface area contributed by atoms with Gasteiger partial charge in [0.05, 0.1) is 0 Å². The van der Waals surface area contributed by atoms with Crippen molar-refractivity contribution in [1.29, 1.82) is 0 Å². The van der Waals surface area contributed by atoms with Crippen LogP contribution in [-0.2, 0) is 0 Å². The molecule has 1 aliphatic rings. The van der Waals surface area contributed by atoms with Crippen LogP contribution in [0.1, 0.15) is 12.8 Å². The van der Waals surface area contributed by atoms with Crippen molar-refractivity contribution in [3.8, 4) is 0 Å². The molecule has 0 radical (unpaired) electrons. The van der Waals surface area contributed by atoms with Crippen LogP contribution in [0.15, 0.2) is 0 Å². The molecule has 14 heavy (non-hydrogen) atoms. The van der Waals surface area contributed by atoms with E-state index in [9.17, 15) is 5.41 Å². The first-order valence-corrected chi connectivity index (χ1v) is 5.28. The molecule has 82 valence electrons. The van der Waals surface area contributed by atoms with Gasteiger partial charge in [-0.05, 0) is 60.2 Å². The molecule has 0 atom stereocenters. The molecule has 1 rings (SSSR count). The molecule has 1 saturated heterocycles. The number of likely N-dealkylation sites (N-methyl/N-ethyl adjacent to an activating group) is 1. The Bertz CT molecular complexity index is 191. The van der Waals surface area contributed by atoms with Crippen LogP contribution in [0.2, 0.25) is 0 Å². The fraction of sp³-hybridized carbons (Fsp3) is 0.900. The zero-order valence-electron chi connectivity index (χ0n) is 9.53. The quantitative estimate of drug-likeness (QED) is 0.602. The first kappa shape index (κ1) is 11.3. The average Bonchev–Trinajstić information content (AvgIpc) is 2.43. The molecule has 0 bridgehead atoms. The van der Waals surface area contributed by atoms with Gasteiger partial charge in [0.25, 0.3) is 0 Å². The van der Waals surface area contributed by atoms with Gasteiger partial charge in [-0.2, -0.15) is 0 Å². The van der Waals surface area contributed by atoms with Crippen molar-refractivity contribution < 1.29 is 0 Å². The summed E-state index contributed by atoms with van der Waals surface area (Å²) in [5.74, 6) is 0.440. The van der Waals surface area contributed by atoms with Crippen LogP contribution in [-0.4, -0.2) is 68.0 Å². The SMILES string of the molecule is CN(C)CCCCN1CCN(C)C1=[N-]. The third-order valence-corrected chi connectivity index (χ3v) is 2.61. The van der Waals surface area contributed by atoms with Gasteiger partial charge in [-0.15, -0.1) is 0 Å². The highest BCUT2D eigenvalue weighted by atomic mass is 15.4. The van der Waals surface area contributed by atoms with Gasteiger partial charge >= 0.3 is 0 Å². The fourth-order valence-electron chi connectivity index (χ4n) is 1.65. The van der Waals surface area contributed by atoms with E-state index in [1.807, 2.05) is 11.9 Å². The van der Waals surface area contributed by atoms with Gasteiger partial charge in [0, 0.05) is 5.96 Å². The molecule has 1 aliphatic heterocycles. The second kappa shape index (κ2) is 5.20. The van der Waals surface area contributed by atoms with Crippen LogP contribution in [0.3, 0.4) is 0 Å². The summed E-state index contributed by atoms with van der Waals surface area (Å²) in [5.41, 5.74) is 0. The molecule has 4 heteroatoms. The Balaban J connectivity index is 2.10. The van der Waals surface area contributed by atoms with Crippen molar-refractivity contribution in [2.24, 2.45) is 0 Å². The maximum absolute atomic E-state index is 9.62. The Hall–Kier alpha value is -0.770. The van der Waals surface area contributed by atoms with E-state index in [1.165, 1.54) is 6.42 Å². The molecule has 0 N–H and O–H groups in total. The predicted octanol–water partition coefficient (Wildman–Crippen LogP) is 0.501. The molecule has 0 aliphatic carbocycles. The first-order valence-electron chi connectivity index (χ1n) is 5.28. The fourth-order valence-corrected chi connectivity index (χ4v) is 1.65. The lowest BCUT2D eigenvalue weighted by Gasteiger charge is -2.27. The Kier molecular flexibility index (Phi) is 4.20. The summed E-state index contributed by atoms with van der Waals surface area (Å²) < 4.78 is 0. The molecule has 4 nitrogen and oxygen atoms in total. The second-order valence-corrected chi connectivity index (χ2v) is 4.22. The van der Waals surface area contributed by atoms with E-state index >= 15 is 0 Å². The van der Waals surface area contributed by atoms with Crippen LogP contribution in [0.25, 0.3) is 5.41 Å². The highest BCUT2D eigenvalue weighted by molar-refractivity contribution is 5.84. The Labute approximate surface area is 87.0 Å². The van der Waals surface area contributed by atoms with Crippen LogP contribution in [0, 0.1) is 0 Å². The number of rotatable bonds is 5. The van der Waals surface area contributed by atoms with Gasteiger partial charge in [-0.25, -0.2) is 0 Å². The van der Waals surface area contributed by atoms with Crippen molar-refractivity contribution in [2.45, 2.75) is 12.8 Å². The minimum absolute atomic E-state index is 0.440. The number of hydrogen-bond acceptors (Lipinski definition) is 1. The normalized spacial score (nSPS) is 17.3. The lowest BCUT2D eigenvalue weighted by atomic mass is 10.3. The van der Waals surface area contributed by atoms with Crippen molar-refractivity contribution in [1.82, 2.24) is 14.7 Å². The average molecular weight is 197 g/mol. The minimum Gasteiger partial charge on any atom is -0.429 e. The van der Waals surface area contributed by atoms with Crippen LogP contribution >= 0.6 is 0 Å². The maximum atomic E-state index is 9.62.